The molecule has 4 rings (SSSR count). The summed E-state index contributed by atoms with van der Waals surface area (Å²) in [5.41, 5.74) is 4.59. The van der Waals surface area contributed by atoms with Gasteiger partial charge in [0, 0.05) is 29.6 Å². The molecule has 0 bridgehead atoms. The first-order valence-corrected chi connectivity index (χ1v) is 10.2. The lowest BCUT2D eigenvalue weighted by Gasteiger charge is -2.19. The Bertz CT molecular complexity index is 1060. The van der Waals surface area contributed by atoms with Gasteiger partial charge in [0.15, 0.2) is 11.5 Å². The van der Waals surface area contributed by atoms with Crippen LogP contribution in [0.25, 0.3) is 11.1 Å². The summed E-state index contributed by atoms with van der Waals surface area (Å²) in [5.74, 6) is 0.685. The zero-order chi connectivity index (χ0) is 20.4. The lowest BCUT2D eigenvalue weighted by atomic mass is 9.91. The molecule has 2 aromatic carbocycles. The number of rotatable bonds is 5. The van der Waals surface area contributed by atoms with E-state index in [0.29, 0.717) is 29.0 Å². The summed E-state index contributed by atoms with van der Waals surface area (Å²) < 4.78 is 5.04. The fraction of sp³-hybridized carbons (Fsp3) is 0.182. The maximum absolute atomic E-state index is 12.5. The Balaban J connectivity index is 1.60. The Labute approximate surface area is 172 Å². The van der Waals surface area contributed by atoms with E-state index in [1.165, 1.54) is 12.7 Å². The van der Waals surface area contributed by atoms with Gasteiger partial charge in [-0.25, -0.2) is 0 Å². The van der Waals surface area contributed by atoms with E-state index in [1.807, 2.05) is 18.2 Å². The number of nitrogens with one attached hydrogen (secondary N) is 2. The second-order valence-corrected chi connectivity index (χ2v) is 7.73. The molecule has 0 saturated carbocycles. The van der Waals surface area contributed by atoms with Gasteiger partial charge in [0.05, 0.1) is 12.7 Å². The fourth-order valence-electron chi connectivity index (χ4n) is 3.38. The minimum absolute atomic E-state index is 0.0538. The minimum atomic E-state index is -0.431. The molecule has 0 saturated heterocycles. The molecule has 0 aromatic heterocycles. The first kappa shape index (κ1) is 19.1. The average molecular weight is 408 g/mol. The number of amides is 2. The summed E-state index contributed by atoms with van der Waals surface area (Å²) in [7, 11) is 1.49. The second kappa shape index (κ2) is 8.05. The summed E-state index contributed by atoms with van der Waals surface area (Å²) in [5, 5.41) is 17.5. The van der Waals surface area contributed by atoms with Crippen molar-refractivity contribution in [3.63, 3.8) is 0 Å². The predicted molar refractivity (Wildman–Crippen MR) is 113 cm³/mol. The molecule has 2 aromatic rings. The van der Waals surface area contributed by atoms with Crippen molar-refractivity contribution in [2.75, 3.05) is 12.9 Å². The van der Waals surface area contributed by atoms with Crippen LogP contribution in [0.5, 0.6) is 11.5 Å². The van der Waals surface area contributed by atoms with Crippen molar-refractivity contribution in [2.45, 2.75) is 13.0 Å². The van der Waals surface area contributed by atoms with Crippen LogP contribution in [-0.2, 0) is 11.3 Å². The number of hydrogen-bond donors (Lipinski definition) is 3. The van der Waals surface area contributed by atoms with E-state index in [9.17, 15) is 14.7 Å². The molecule has 2 heterocycles. The van der Waals surface area contributed by atoms with Crippen molar-refractivity contribution in [1.29, 1.82) is 0 Å². The van der Waals surface area contributed by atoms with Gasteiger partial charge in [-0.15, -0.1) is 11.8 Å². The Kier molecular flexibility index (Phi) is 5.31. The number of benzene rings is 2. The van der Waals surface area contributed by atoms with E-state index in [4.69, 9.17) is 4.74 Å². The van der Waals surface area contributed by atoms with Gasteiger partial charge in [0.1, 0.15) is 0 Å². The van der Waals surface area contributed by atoms with E-state index in [2.05, 4.69) is 16.0 Å². The van der Waals surface area contributed by atoms with Crippen LogP contribution in [0.15, 0.2) is 48.0 Å². The van der Waals surface area contributed by atoms with Crippen molar-refractivity contribution < 1.29 is 19.4 Å². The summed E-state index contributed by atoms with van der Waals surface area (Å²) >= 11 is 1.77. The van der Waals surface area contributed by atoms with Crippen LogP contribution < -0.4 is 15.4 Å². The van der Waals surface area contributed by atoms with Crippen LogP contribution >= 0.6 is 11.8 Å². The zero-order valence-corrected chi connectivity index (χ0v) is 16.6. The highest BCUT2D eigenvalue weighted by atomic mass is 32.2. The maximum atomic E-state index is 12.5. The largest absolute Gasteiger partial charge is 0.504 e. The van der Waals surface area contributed by atoms with Crippen molar-refractivity contribution in [3.05, 3.63) is 70.3 Å². The third kappa shape index (κ3) is 3.86. The quantitative estimate of drug-likeness (QED) is 0.520. The Morgan fingerprint density at radius 3 is 2.76 bits per heavy atom. The van der Waals surface area contributed by atoms with Gasteiger partial charge >= 0.3 is 0 Å². The van der Waals surface area contributed by atoms with E-state index in [1.54, 1.807) is 36.2 Å². The normalized spacial score (nSPS) is 17.0. The van der Waals surface area contributed by atoms with Gasteiger partial charge in [-0.3, -0.25) is 14.9 Å². The SMILES string of the molecule is COc1ccc(CN/C=C2\C(=O)NC(=O)c3ccc(C4=CSCC4)cc32)cc1O. The first-order valence-electron chi connectivity index (χ1n) is 9.17. The first-order chi connectivity index (χ1) is 14.1. The molecule has 0 spiro atoms. The van der Waals surface area contributed by atoms with Crippen molar-refractivity contribution in [1.82, 2.24) is 10.6 Å². The van der Waals surface area contributed by atoms with Crippen LogP contribution in [0.2, 0.25) is 0 Å². The number of phenols is 1. The molecule has 3 N–H and O–H groups in total. The van der Waals surface area contributed by atoms with Gasteiger partial charge in [-0.2, -0.15) is 0 Å². The van der Waals surface area contributed by atoms with Gasteiger partial charge in [0.25, 0.3) is 11.8 Å². The third-order valence-electron chi connectivity index (χ3n) is 4.91. The standard InChI is InChI=1S/C22H20N2O4S/c1-28-20-5-2-13(8-19(20)25)10-23-11-18-17-9-14(15-6-7-29-12-15)3-4-16(17)21(26)24-22(18)27/h2-5,8-9,11-12,23,25H,6-7,10H2,1H3,(H,24,26,27)/b18-11-. The van der Waals surface area contributed by atoms with Crippen LogP contribution in [0.3, 0.4) is 0 Å². The molecule has 0 unspecified atom stereocenters. The average Bonchev–Trinajstić information content (AvgIpc) is 3.25. The fourth-order valence-corrected chi connectivity index (χ4v) is 4.30. The molecule has 2 aliphatic rings. The molecule has 148 valence electrons. The monoisotopic (exact) mass is 408 g/mol. The molecular formula is C22H20N2O4S. The number of methoxy groups -OCH3 is 1. The number of carbonyl (C=O) groups excluding carboxylic acids is 2. The van der Waals surface area contributed by atoms with Crippen LogP contribution in [0.1, 0.15) is 33.5 Å². The van der Waals surface area contributed by atoms with E-state index >= 15 is 0 Å². The number of carbonyl (C=O) groups is 2. The smallest absolute Gasteiger partial charge is 0.260 e. The molecule has 2 amide bonds. The molecular weight excluding hydrogens is 388 g/mol. The number of fused-ring (bicyclic) bond motifs is 1. The van der Waals surface area contributed by atoms with Crippen LogP contribution in [0, 0.1) is 0 Å². The van der Waals surface area contributed by atoms with Crippen molar-refractivity contribution in [3.8, 4) is 11.5 Å². The molecule has 29 heavy (non-hydrogen) atoms. The Morgan fingerprint density at radius 1 is 1.17 bits per heavy atom. The van der Waals surface area contributed by atoms with Crippen LogP contribution in [0.4, 0.5) is 0 Å². The molecule has 2 aliphatic heterocycles. The molecule has 0 fully saturated rings. The number of hydrogen-bond acceptors (Lipinski definition) is 6. The molecule has 7 heteroatoms. The van der Waals surface area contributed by atoms with Crippen molar-refractivity contribution in [2.24, 2.45) is 0 Å². The number of phenolic OH excluding ortho intramolecular Hbond substituents is 1. The van der Waals surface area contributed by atoms with Crippen molar-refractivity contribution >= 4 is 34.7 Å². The molecule has 6 nitrogen and oxygen atoms in total. The third-order valence-corrected chi connectivity index (χ3v) is 5.80. The summed E-state index contributed by atoms with van der Waals surface area (Å²) in [4.78, 5) is 24.7. The highest BCUT2D eigenvalue weighted by Crippen LogP contribution is 2.33. The zero-order valence-electron chi connectivity index (χ0n) is 15.8. The van der Waals surface area contributed by atoms with E-state index in [0.717, 1.165) is 23.3 Å². The topological polar surface area (TPSA) is 87.7 Å². The van der Waals surface area contributed by atoms with Gasteiger partial charge in [-0.1, -0.05) is 12.1 Å². The van der Waals surface area contributed by atoms with Gasteiger partial charge < -0.3 is 15.2 Å². The van der Waals surface area contributed by atoms with Gasteiger partial charge in [-0.05, 0) is 52.8 Å². The van der Waals surface area contributed by atoms with Gasteiger partial charge in [0.2, 0.25) is 0 Å². The predicted octanol–water partition coefficient (Wildman–Crippen LogP) is 3.28. The highest BCUT2D eigenvalue weighted by molar-refractivity contribution is 8.02. The Hall–Kier alpha value is -3.19. The van der Waals surface area contributed by atoms with Crippen LogP contribution in [-0.4, -0.2) is 29.8 Å². The minimum Gasteiger partial charge on any atom is -0.504 e. The Morgan fingerprint density at radius 2 is 2.03 bits per heavy atom. The number of ether oxygens (including phenoxy) is 1. The number of imide groups is 1. The number of aromatic hydroxyl groups is 1. The molecule has 0 radical (unpaired) electrons. The molecule has 0 aliphatic carbocycles. The van der Waals surface area contributed by atoms with E-state index in [-0.39, 0.29) is 11.7 Å². The lowest BCUT2D eigenvalue weighted by molar-refractivity contribution is -0.114. The second-order valence-electron chi connectivity index (χ2n) is 6.75. The van der Waals surface area contributed by atoms with E-state index < -0.39 is 5.91 Å². The number of thioether (sulfide) groups is 1. The molecule has 0 atom stereocenters. The lowest BCUT2D eigenvalue weighted by Crippen LogP contribution is -2.37. The highest BCUT2D eigenvalue weighted by Gasteiger charge is 2.27. The summed E-state index contributed by atoms with van der Waals surface area (Å²) in [6, 6.07) is 10.7. The summed E-state index contributed by atoms with van der Waals surface area (Å²) in [6.45, 7) is 0.402. The number of allylic oxidation sites excluding steroid dienone is 1. The summed E-state index contributed by atoms with van der Waals surface area (Å²) in [6.07, 6.45) is 2.59. The maximum Gasteiger partial charge on any atom is 0.260 e.